The number of anilines is 1. The highest BCUT2D eigenvalue weighted by Gasteiger charge is 2.47. The number of amides is 1. The first-order chi connectivity index (χ1) is 12.3. The Morgan fingerprint density at radius 2 is 2.35 bits per heavy atom. The van der Waals surface area contributed by atoms with Crippen molar-refractivity contribution < 1.29 is 27.1 Å². The summed E-state index contributed by atoms with van der Waals surface area (Å²) in [5.74, 6) is -0.0512. The average molecular weight is 372 g/mol. The van der Waals surface area contributed by atoms with Crippen molar-refractivity contribution in [3.05, 3.63) is 35.9 Å². The first-order valence-electron chi connectivity index (χ1n) is 8.05. The number of rotatable bonds is 5. The van der Waals surface area contributed by atoms with Crippen molar-refractivity contribution in [1.82, 2.24) is 15.1 Å². The smallest absolute Gasteiger partial charge is 0.410 e. The van der Waals surface area contributed by atoms with E-state index < -0.39 is 24.2 Å². The zero-order valence-corrected chi connectivity index (χ0v) is 14.2. The molecule has 1 amide bonds. The zero-order valence-electron chi connectivity index (χ0n) is 14.2. The molecule has 1 aliphatic heterocycles. The van der Waals surface area contributed by atoms with Crippen LogP contribution in [0, 0.1) is 0 Å². The monoisotopic (exact) mass is 372 g/mol. The summed E-state index contributed by atoms with van der Waals surface area (Å²) in [6.45, 7) is 2.00. The molecule has 0 bridgehead atoms. The first kappa shape index (κ1) is 18.3. The fourth-order valence-corrected chi connectivity index (χ4v) is 2.95. The number of hydrogen-bond acceptors (Lipinski definition) is 5. The number of ether oxygens (including phenoxy) is 1. The number of alkyl halides is 3. The lowest BCUT2D eigenvalue weighted by Gasteiger charge is -2.32. The molecule has 2 N–H and O–H groups in total. The van der Waals surface area contributed by atoms with E-state index in [1.165, 1.54) is 19.4 Å². The molecule has 0 fully saturated rings. The summed E-state index contributed by atoms with van der Waals surface area (Å²) in [5, 5.41) is 9.47. The van der Waals surface area contributed by atoms with Crippen molar-refractivity contribution in [1.29, 1.82) is 0 Å². The maximum Gasteiger partial charge on any atom is 0.410 e. The molecule has 0 radical (unpaired) electrons. The van der Waals surface area contributed by atoms with Crippen molar-refractivity contribution in [2.75, 3.05) is 19.0 Å². The molecule has 0 saturated carbocycles. The first-order valence-corrected chi connectivity index (χ1v) is 8.05. The van der Waals surface area contributed by atoms with Gasteiger partial charge in [-0.05, 0) is 19.1 Å². The van der Waals surface area contributed by atoms with Gasteiger partial charge in [0.05, 0.1) is 18.9 Å². The third-order valence-electron chi connectivity index (χ3n) is 4.10. The van der Waals surface area contributed by atoms with Gasteiger partial charge in [-0.2, -0.15) is 18.3 Å². The van der Waals surface area contributed by atoms with Crippen molar-refractivity contribution in [3.63, 3.8) is 0 Å². The van der Waals surface area contributed by atoms with E-state index in [1.54, 1.807) is 19.1 Å². The molecule has 1 aliphatic rings. The Balaban J connectivity index is 1.88. The number of carbonyl (C=O) groups excluding carboxylic acids is 1. The number of hydrogen-bond donors (Lipinski definition) is 2. The summed E-state index contributed by atoms with van der Waals surface area (Å²) in [5.41, 5.74) is -0.0928. The highest BCUT2D eigenvalue weighted by atomic mass is 19.4. The highest BCUT2D eigenvalue weighted by molar-refractivity contribution is 5.93. The quantitative estimate of drug-likeness (QED) is 0.844. The third-order valence-corrected chi connectivity index (χ3v) is 4.10. The number of carbonyl (C=O) groups is 1. The van der Waals surface area contributed by atoms with Gasteiger partial charge in [-0.25, -0.2) is 4.68 Å². The van der Waals surface area contributed by atoms with Crippen LogP contribution in [0.3, 0.4) is 0 Å². The lowest BCUT2D eigenvalue weighted by atomic mass is 10.0. The Bertz CT molecular complexity index is 757. The minimum atomic E-state index is -4.51. The number of fused-ring (bicyclic) bond motifs is 1. The predicted octanol–water partition coefficient (Wildman–Crippen LogP) is 2.90. The fraction of sp³-hybridized carbons (Fsp3) is 0.500. The minimum Gasteiger partial charge on any atom is -0.467 e. The van der Waals surface area contributed by atoms with Crippen LogP contribution in [0.2, 0.25) is 0 Å². The molecule has 10 heteroatoms. The van der Waals surface area contributed by atoms with Gasteiger partial charge in [-0.3, -0.25) is 4.79 Å². The van der Waals surface area contributed by atoms with Crippen molar-refractivity contribution in [2.45, 2.75) is 37.6 Å². The molecule has 0 aliphatic carbocycles. The minimum absolute atomic E-state index is 0.0928. The molecule has 2 aromatic rings. The molecule has 26 heavy (non-hydrogen) atoms. The summed E-state index contributed by atoms with van der Waals surface area (Å²) >= 11 is 0. The Hall–Kier alpha value is -2.49. The Kier molecular flexibility index (Phi) is 4.94. The molecule has 0 spiro atoms. The molecule has 3 rings (SSSR count). The second kappa shape index (κ2) is 7.02. The van der Waals surface area contributed by atoms with Crippen LogP contribution in [0.5, 0.6) is 0 Å². The summed E-state index contributed by atoms with van der Waals surface area (Å²) in [6, 6.07) is 1.71. The van der Waals surface area contributed by atoms with E-state index in [1.807, 2.05) is 0 Å². The molecule has 0 unspecified atom stereocenters. The summed E-state index contributed by atoms with van der Waals surface area (Å²) in [7, 11) is 1.49. The maximum atomic E-state index is 13.5. The molecule has 142 valence electrons. The molecule has 0 aromatic carbocycles. The van der Waals surface area contributed by atoms with Crippen LogP contribution in [-0.2, 0) is 4.74 Å². The number of halogens is 3. The van der Waals surface area contributed by atoms with E-state index in [-0.39, 0.29) is 30.6 Å². The standard InChI is InChI=1S/C16H19F3N4O3/c1-9(8-25-2)20-15(24)11-7-14-21-10(12-4-3-5-26-12)6-13(16(17,18)19)23(14)22-11/h3-5,7,9-10,13,21H,6,8H2,1-2H3,(H,20,24)/t9-,10-,13-/m1/s1. The van der Waals surface area contributed by atoms with Gasteiger partial charge in [0.15, 0.2) is 11.7 Å². The number of nitrogens with one attached hydrogen (secondary N) is 2. The molecule has 2 aromatic heterocycles. The summed E-state index contributed by atoms with van der Waals surface area (Å²) < 4.78 is 51.5. The van der Waals surface area contributed by atoms with Crippen LogP contribution in [0.4, 0.5) is 19.0 Å². The molecule has 3 heterocycles. The Morgan fingerprint density at radius 1 is 1.58 bits per heavy atom. The van der Waals surface area contributed by atoms with Crippen LogP contribution in [0.1, 0.15) is 41.7 Å². The van der Waals surface area contributed by atoms with Crippen molar-refractivity contribution in [2.24, 2.45) is 0 Å². The van der Waals surface area contributed by atoms with Gasteiger partial charge in [-0.1, -0.05) is 0 Å². The lowest BCUT2D eigenvalue weighted by Crippen LogP contribution is -2.37. The van der Waals surface area contributed by atoms with Gasteiger partial charge in [0.2, 0.25) is 0 Å². The van der Waals surface area contributed by atoms with E-state index in [2.05, 4.69) is 15.7 Å². The average Bonchev–Trinajstić information content (AvgIpc) is 3.22. The van der Waals surface area contributed by atoms with E-state index in [9.17, 15) is 18.0 Å². The van der Waals surface area contributed by atoms with E-state index in [0.717, 1.165) is 4.68 Å². The summed E-state index contributed by atoms with van der Waals surface area (Å²) in [6.07, 6.45) is -3.39. The van der Waals surface area contributed by atoms with Crippen LogP contribution in [0.15, 0.2) is 28.9 Å². The highest BCUT2D eigenvalue weighted by Crippen LogP contribution is 2.43. The Labute approximate surface area is 147 Å². The van der Waals surface area contributed by atoms with Gasteiger partial charge >= 0.3 is 6.18 Å². The van der Waals surface area contributed by atoms with Gasteiger partial charge in [-0.15, -0.1) is 0 Å². The third kappa shape index (κ3) is 3.69. The fourth-order valence-electron chi connectivity index (χ4n) is 2.95. The number of furan rings is 1. The largest absolute Gasteiger partial charge is 0.467 e. The normalized spacial score (nSPS) is 21.0. The zero-order chi connectivity index (χ0) is 18.9. The second-order valence-electron chi connectivity index (χ2n) is 6.19. The second-order valence-corrected chi connectivity index (χ2v) is 6.19. The lowest BCUT2D eigenvalue weighted by molar-refractivity contribution is -0.174. The summed E-state index contributed by atoms with van der Waals surface area (Å²) in [4.78, 5) is 12.2. The number of nitrogens with zero attached hydrogens (tertiary/aromatic N) is 2. The molecule has 7 nitrogen and oxygen atoms in total. The molecule has 0 saturated heterocycles. The number of aromatic nitrogens is 2. The van der Waals surface area contributed by atoms with Gasteiger partial charge in [0.1, 0.15) is 11.6 Å². The van der Waals surface area contributed by atoms with Gasteiger partial charge in [0.25, 0.3) is 5.91 Å². The van der Waals surface area contributed by atoms with E-state index in [0.29, 0.717) is 5.76 Å². The van der Waals surface area contributed by atoms with Crippen LogP contribution in [-0.4, -0.2) is 41.6 Å². The van der Waals surface area contributed by atoms with Crippen molar-refractivity contribution >= 4 is 11.7 Å². The topological polar surface area (TPSA) is 81.3 Å². The molecular formula is C16H19F3N4O3. The van der Waals surface area contributed by atoms with Crippen molar-refractivity contribution in [3.8, 4) is 0 Å². The predicted molar refractivity (Wildman–Crippen MR) is 85.8 cm³/mol. The van der Waals surface area contributed by atoms with E-state index >= 15 is 0 Å². The number of methoxy groups -OCH3 is 1. The van der Waals surface area contributed by atoms with Crippen LogP contribution in [0.25, 0.3) is 0 Å². The van der Waals surface area contributed by atoms with Crippen LogP contribution < -0.4 is 10.6 Å². The Morgan fingerprint density at radius 3 is 2.96 bits per heavy atom. The van der Waals surface area contributed by atoms with Gasteiger partial charge in [0, 0.05) is 25.6 Å². The molecular weight excluding hydrogens is 353 g/mol. The molecule has 3 atom stereocenters. The van der Waals surface area contributed by atoms with E-state index in [4.69, 9.17) is 9.15 Å². The van der Waals surface area contributed by atoms with Gasteiger partial charge < -0.3 is 19.8 Å². The maximum absolute atomic E-state index is 13.5. The van der Waals surface area contributed by atoms with Crippen LogP contribution >= 0.6 is 0 Å². The SMILES string of the molecule is COC[C@@H](C)NC(=O)c1cc2n(n1)[C@@H](C(F)(F)F)C[C@H](c1ccco1)N2.